The van der Waals surface area contributed by atoms with Crippen molar-refractivity contribution >= 4 is 22.5 Å². The maximum Gasteiger partial charge on any atom is 0.167 e. The third-order valence-corrected chi connectivity index (χ3v) is 7.44. The standard InChI is InChI=1S/C29H29FN6O/c1-37-26-17-20(19-31)7-9-22(26)28-33-27-25(35-15-3-2-4-16-35)11-12-32-29(27)36(28)24-10-8-21(18-23(24)30)34-13-5-6-14-34/h7-12,17-18H,2-6,13-16H2,1H3. The van der Waals surface area contributed by atoms with Crippen LogP contribution in [0.4, 0.5) is 15.8 Å². The normalized spacial score (nSPS) is 15.8. The number of nitrogens with zero attached hydrogens (tertiary/aromatic N) is 6. The summed E-state index contributed by atoms with van der Waals surface area (Å²) in [6, 6.07) is 14.8. The third-order valence-electron chi connectivity index (χ3n) is 7.44. The molecule has 0 atom stereocenters. The summed E-state index contributed by atoms with van der Waals surface area (Å²) in [6.45, 7) is 3.81. The van der Waals surface area contributed by atoms with Crippen LogP contribution in [-0.2, 0) is 0 Å². The molecule has 0 spiro atoms. The average Bonchev–Trinajstić information content (AvgIpc) is 3.62. The molecule has 188 valence electrons. The van der Waals surface area contributed by atoms with Crippen molar-refractivity contribution in [2.45, 2.75) is 32.1 Å². The smallest absolute Gasteiger partial charge is 0.167 e. The van der Waals surface area contributed by atoms with E-state index < -0.39 is 0 Å². The Labute approximate surface area is 215 Å². The van der Waals surface area contributed by atoms with Gasteiger partial charge in [0.25, 0.3) is 0 Å². The van der Waals surface area contributed by atoms with Crippen LogP contribution in [0.5, 0.6) is 5.75 Å². The molecule has 0 saturated carbocycles. The highest BCUT2D eigenvalue weighted by Crippen LogP contribution is 2.38. The van der Waals surface area contributed by atoms with Crippen LogP contribution in [0.25, 0.3) is 28.2 Å². The number of rotatable bonds is 5. The molecule has 0 N–H and O–H groups in total. The van der Waals surface area contributed by atoms with Crippen LogP contribution in [0.1, 0.15) is 37.7 Å². The zero-order chi connectivity index (χ0) is 25.4. The van der Waals surface area contributed by atoms with Gasteiger partial charge in [-0.25, -0.2) is 14.4 Å². The van der Waals surface area contributed by atoms with E-state index in [-0.39, 0.29) is 5.82 Å². The number of methoxy groups -OCH3 is 1. The Bertz CT molecular complexity index is 1490. The van der Waals surface area contributed by atoms with E-state index in [0.717, 1.165) is 68.8 Å². The largest absolute Gasteiger partial charge is 0.496 e. The number of fused-ring (bicyclic) bond motifs is 1. The second-order valence-corrected chi connectivity index (χ2v) is 9.68. The lowest BCUT2D eigenvalue weighted by molar-refractivity contribution is 0.416. The number of nitriles is 1. The minimum atomic E-state index is -0.331. The Morgan fingerprint density at radius 1 is 0.892 bits per heavy atom. The van der Waals surface area contributed by atoms with Crippen molar-refractivity contribution in [1.82, 2.24) is 14.5 Å². The predicted octanol–water partition coefficient (Wildman–Crippen LogP) is 5.70. The van der Waals surface area contributed by atoms with Gasteiger partial charge in [0.05, 0.1) is 35.7 Å². The van der Waals surface area contributed by atoms with Gasteiger partial charge in [-0.05, 0) is 74.6 Å². The summed E-state index contributed by atoms with van der Waals surface area (Å²) >= 11 is 0. The minimum Gasteiger partial charge on any atom is -0.496 e. The highest BCUT2D eigenvalue weighted by Gasteiger charge is 2.25. The van der Waals surface area contributed by atoms with E-state index in [1.54, 1.807) is 36.1 Å². The van der Waals surface area contributed by atoms with Crippen molar-refractivity contribution in [2.24, 2.45) is 0 Å². The number of hydrogen-bond donors (Lipinski definition) is 0. The Morgan fingerprint density at radius 2 is 1.65 bits per heavy atom. The van der Waals surface area contributed by atoms with Crippen molar-refractivity contribution in [3.05, 3.63) is 60.0 Å². The molecular weight excluding hydrogens is 467 g/mol. The van der Waals surface area contributed by atoms with Gasteiger partial charge in [0.1, 0.15) is 17.1 Å². The van der Waals surface area contributed by atoms with Crippen LogP contribution < -0.4 is 14.5 Å². The minimum absolute atomic E-state index is 0.331. The fourth-order valence-electron chi connectivity index (χ4n) is 5.55. The van der Waals surface area contributed by atoms with Gasteiger partial charge in [-0.15, -0.1) is 0 Å². The van der Waals surface area contributed by atoms with Gasteiger partial charge < -0.3 is 14.5 Å². The van der Waals surface area contributed by atoms with Gasteiger partial charge in [0, 0.05) is 38.1 Å². The lowest BCUT2D eigenvalue weighted by atomic mass is 10.1. The molecule has 0 amide bonds. The summed E-state index contributed by atoms with van der Waals surface area (Å²) in [5.41, 5.74) is 4.76. The maximum atomic E-state index is 15.9. The van der Waals surface area contributed by atoms with E-state index in [2.05, 4.69) is 15.9 Å². The molecule has 2 fully saturated rings. The summed E-state index contributed by atoms with van der Waals surface area (Å²) in [5.74, 6) is 0.702. The quantitative estimate of drug-likeness (QED) is 0.353. The number of aromatic nitrogens is 3. The third kappa shape index (κ3) is 4.14. The molecule has 2 aromatic heterocycles. The van der Waals surface area contributed by atoms with Gasteiger partial charge in [-0.1, -0.05) is 0 Å². The molecule has 2 aliphatic heterocycles. The molecule has 37 heavy (non-hydrogen) atoms. The maximum absolute atomic E-state index is 15.9. The van der Waals surface area contributed by atoms with Crippen molar-refractivity contribution in [3.63, 3.8) is 0 Å². The fourth-order valence-corrected chi connectivity index (χ4v) is 5.55. The summed E-state index contributed by atoms with van der Waals surface area (Å²) in [6.07, 6.45) is 7.52. The molecule has 8 heteroatoms. The summed E-state index contributed by atoms with van der Waals surface area (Å²) in [7, 11) is 1.57. The Morgan fingerprint density at radius 3 is 2.38 bits per heavy atom. The molecule has 4 aromatic rings. The molecule has 0 unspecified atom stereocenters. The lowest BCUT2D eigenvalue weighted by Crippen LogP contribution is -2.29. The van der Waals surface area contributed by atoms with Gasteiger partial charge in [-0.3, -0.25) is 4.57 Å². The topological polar surface area (TPSA) is 70.2 Å². The fraction of sp³-hybridized carbons (Fsp3) is 0.345. The Kier molecular flexibility index (Phi) is 6.13. The van der Waals surface area contributed by atoms with E-state index in [9.17, 15) is 5.26 Å². The van der Waals surface area contributed by atoms with Gasteiger partial charge in [0.15, 0.2) is 11.5 Å². The van der Waals surface area contributed by atoms with E-state index in [1.165, 1.54) is 6.42 Å². The number of piperidine rings is 1. The first-order chi connectivity index (χ1) is 18.2. The second kappa shape index (κ2) is 9.74. The molecule has 7 nitrogen and oxygen atoms in total. The number of pyridine rings is 1. The zero-order valence-electron chi connectivity index (χ0n) is 21.0. The Balaban J connectivity index is 1.58. The first kappa shape index (κ1) is 23.3. The van der Waals surface area contributed by atoms with Crippen molar-refractivity contribution in [3.8, 4) is 28.9 Å². The highest BCUT2D eigenvalue weighted by atomic mass is 19.1. The van der Waals surface area contributed by atoms with Crippen molar-refractivity contribution in [2.75, 3.05) is 43.1 Å². The average molecular weight is 497 g/mol. The van der Waals surface area contributed by atoms with Crippen LogP contribution in [0.15, 0.2) is 48.7 Å². The molecule has 0 bridgehead atoms. The second-order valence-electron chi connectivity index (χ2n) is 9.68. The first-order valence-electron chi connectivity index (χ1n) is 12.9. The molecule has 0 radical (unpaired) electrons. The number of anilines is 2. The number of imidazole rings is 1. The predicted molar refractivity (Wildman–Crippen MR) is 143 cm³/mol. The lowest BCUT2D eigenvalue weighted by Gasteiger charge is -2.28. The van der Waals surface area contributed by atoms with Crippen LogP contribution >= 0.6 is 0 Å². The van der Waals surface area contributed by atoms with Crippen LogP contribution in [0, 0.1) is 17.1 Å². The zero-order valence-corrected chi connectivity index (χ0v) is 21.0. The van der Waals surface area contributed by atoms with Crippen LogP contribution in [-0.4, -0.2) is 47.8 Å². The summed E-state index contributed by atoms with van der Waals surface area (Å²) in [5, 5.41) is 9.40. The number of halogens is 1. The SMILES string of the molecule is COc1cc(C#N)ccc1-c1nc2c(N3CCCCC3)ccnc2n1-c1ccc(N2CCCC2)cc1F. The number of hydrogen-bond acceptors (Lipinski definition) is 6. The molecular formula is C29H29FN6O. The van der Waals surface area contributed by atoms with Crippen molar-refractivity contribution in [1.29, 1.82) is 5.26 Å². The van der Waals surface area contributed by atoms with Crippen LogP contribution in [0.2, 0.25) is 0 Å². The molecule has 4 heterocycles. The first-order valence-corrected chi connectivity index (χ1v) is 12.9. The number of benzene rings is 2. The van der Waals surface area contributed by atoms with Crippen LogP contribution in [0.3, 0.4) is 0 Å². The van der Waals surface area contributed by atoms with Crippen molar-refractivity contribution < 1.29 is 9.13 Å². The monoisotopic (exact) mass is 496 g/mol. The summed E-state index contributed by atoms with van der Waals surface area (Å²) in [4.78, 5) is 14.3. The van der Waals surface area contributed by atoms with Gasteiger partial charge in [0.2, 0.25) is 0 Å². The van der Waals surface area contributed by atoms with E-state index >= 15 is 4.39 Å². The van der Waals surface area contributed by atoms with Gasteiger partial charge >= 0.3 is 0 Å². The molecule has 6 rings (SSSR count). The highest BCUT2D eigenvalue weighted by molar-refractivity contribution is 5.91. The summed E-state index contributed by atoms with van der Waals surface area (Å²) < 4.78 is 23.3. The molecule has 2 saturated heterocycles. The molecule has 2 aliphatic rings. The Hall–Kier alpha value is -4.12. The molecule has 0 aliphatic carbocycles. The van der Waals surface area contributed by atoms with E-state index in [1.807, 2.05) is 24.3 Å². The number of ether oxygens (including phenoxy) is 1. The van der Waals surface area contributed by atoms with Gasteiger partial charge in [-0.2, -0.15) is 5.26 Å². The van der Waals surface area contributed by atoms with E-state index in [4.69, 9.17) is 14.7 Å². The molecule has 2 aromatic carbocycles. The van der Waals surface area contributed by atoms with E-state index in [0.29, 0.717) is 34.0 Å².